The Bertz CT molecular complexity index is 702. The summed E-state index contributed by atoms with van der Waals surface area (Å²) >= 11 is 0. The maximum atomic E-state index is 10.2. The van der Waals surface area contributed by atoms with E-state index in [0.29, 0.717) is 11.2 Å². The van der Waals surface area contributed by atoms with Gasteiger partial charge in [0, 0.05) is 13.1 Å². The summed E-state index contributed by atoms with van der Waals surface area (Å²) in [6.07, 6.45) is 1.27. The Hall–Kier alpha value is -1.81. The first-order valence-corrected chi connectivity index (χ1v) is 7.75. The van der Waals surface area contributed by atoms with Crippen molar-refractivity contribution >= 4 is 17.0 Å². The minimum atomic E-state index is -1.16. The topological polar surface area (TPSA) is 117 Å². The maximum absolute atomic E-state index is 10.2. The van der Waals surface area contributed by atoms with Crippen molar-refractivity contribution < 1.29 is 20.1 Å². The highest BCUT2D eigenvalue weighted by Gasteiger charge is 2.44. The molecule has 0 aliphatic carbocycles. The van der Waals surface area contributed by atoms with E-state index in [0.717, 1.165) is 31.7 Å². The smallest absolute Gasteiger partial charge is 0.167 e. The lowest BCUT2D eigenvalue weighted by Gasteiger charge is -2.18. The first-order chi connectivity index (χ1) is 11.2. The third-order valence-electron chi connectivity index (χ3n) is 4.54. The first kappa shape index (κ1) is 14.8. The highest BCUT2D eigenvalue weighted by Crippen LogP contribution is 2.33. The Kier molecular flexibility index (Phi) is 3.64. The monoisotopic (exact) mass is 321 g/mol. The number of ether oxygens (including phenoxy) is 1. The second kappa shape index (κ2) is 5.68. The minimum absolute atomic E-state index is 0.366. The molecule has 0 aromatic carbocycles. The number of hydrogen-bond acceptors (Lipinski definition) is 8. The van der Waals surface area contributed by atoms with Crippen LogP contribution in [0.25, 0.3) is 11.2 Å². The lowest BCUT2D eigenvalue weighted by atomic mass is 10.1. The number of nitrogens with zero attached hydrogens (tertiary/aromatic N) is 5. The van der Waals surface area contributed by atoms with E-state index in [1.165, 1.54) is 12.7 Å². The van der Waals surface area contributed by atoms with E-state index < -0.39 is 24.5 Å². The molecule has 23 heavy (non-hydrogen) atoms. The summed E-state index contributed by atoms with van der Waals surface area (Å²) < 4.78 is 7.14. The second-order valence-electron chi connectivity index (χ2n) is 5.94. The molecule has 0 radical (unpaired) electrons. The van der Waals surface area contributed by atoms with Gasteiger partial charge in [-0.1, -0.05) is 0 Å². The fraction of sp³-hybridized carbons (Fsp3) is 0.643. The molecule has 2 fully saturated rings. The molecule has 9 heteroatoms. The number of aliphatic hydroxyl groups excluding tert-OH is 3. The van der Waals surface area contributed by atoms with Gasteiger partial charge in [-0.3, -0.25) is 4.57 Å². The standard InChI is InChI=1S/C14H19N5O4/c20-5-8-10(21)11(22)14(23-8)19-7-17-9-12(15-6-16-13(9)19)18-3-1-2-4-18/h6-8,10-11,14,20-22H,1-5H2/t8-,10-,11+,14?/m1/s1. The van der Waals surface area contributed by atoms with Gasteiger partial charge in [0.25, 0.3) is 0 Å². The summed E-state index contributed by atoms with van der Waals surface area (Å²) in [5.41, 5.74) is 1.18. The van der Waals surface area contributed by atoms with Crippen molar-refractivity contribution in [2.24, 2.45) is 0 Å². The lowest BCUT2D eigenvalue weighted by molar-refractivity contribution is -0.0511. The molecule has 124 valence electrons. The van der Waals surface area contributed by atoms with Crippen LogP contribution in [0.5, 0.6) is 0 Å². The number of fused-ring (bicyclic) bond motifs is 1. The molecule has 4 rings (SSSR count). The summed E-state index contributed by atoms with van der Waals surface area (Å²) in [4.78, 5) is 15.1. The van der Waals surface area contributed by atoms with E-state index in [4.69, 9.17) is 4.74 Å². The summed E-state index contributed by atoms with van der Waals surface area (Å²) in [6.45, 7) is 1.51. The van der Waals surface area contributed by atoms with E-state index in [1.54, 1.807) is 4.57 Å². The van der Waals surface area contributed by atoms with Gasteiger partial charge < -0.3 is 25.0 Å². The molecule has 4 atom stereocenters. The van der Waals surface area contributed by atoms with Crippen LogP contribution < -0.4 is 4.90 Å². The molecule has 1 unspecified atom stereocenters. The van der Waals surface area contributed by atoms with Crippen LogP contribution in [0.15, 0.2) is 12.7 Å². The van der Waals surface area contributed by atoms with Crippen LogP contribution in [0.2, 0.25) is 0 Å². The van der Waals surface area contributed by atoms with E-state index in [2.05, 4.69) is 19.9 Å². The highest BCUT2D eigenvalue weighted by molar-refractivity contribution is 5.83. The number of rotatable bonds is 3. The van der Waals surface area contributed by atoms with E-state index in [9.17, 15) is 15.3 Å². The zero-order valence-electron chi connectivity index (χ0n) is 12.5. The van der Waals surface area contributed by atoms with E-state index in [-0.39, 0.29) is 6.61 Å². The zero-order valence-corrected chi connectivity index (χ0v) is 12.5. The van der Waals surface area contributed by atoms with Crippen LogP contribution in [-0.4, -0.2) is 72.8 Å². The first-order valence-electron chi connectivity index (χ1n) is 7.75. The van der Waals surface area contributed by atoms with Gasteiger partial charge in [0.1, 0.15) is 24.6 Å². The predicted octanol–water partition coefficient (Wildman–Crippen LogP) is -0.962. The van der Waals surface area contributed by atoms with Gasteiger partial charge in [-0.15, -0.1) is 0 Å². The van der Waals surface area contributed by atoms with Crippen molar-refractivity contribution in [1.82, 2.24) is 19.5 Å². The van der Waals surface area contributed by atoms with Crippen LogP contribution in [0.3, 0.4) is 0 Å². The van der Waals surface area contributed by atoms with Gasteiger partial charge in [0.05, 0.1) is 12.9 Å². The summed E-state index contributed by atoms with van der Waals surface area (Å²) in [7, 11) is 0. The van der Waals surface area contributed by atoms with Crippen LogP contribution in [0.1, 0.15) is 19.1 Å². The molecular formula is C14H19N5O4. The van der Waals surface area contributed by atoms with E-state index in [1.807, 2.05) is 0 Å². The van der Waals surface area contributed by atoms with Crippen LogP contribution in [0.4, 0.5) is 5.82 Å². The average molecular weight is 321 g/mol. The number of hydrogen-bond donors (Lipinski definition) is 3. The molecule has 9 nitrogen and oxygen atoms in total. The molecule has 0 amide bonds. The van der Waals surface area contributed by atoms with Crippen molar-refractivity contribution in [2.45, 2.75) is 37.4 Å². The third kappa shape index (κ3) is 2.27. The number of anilines is 1. The van der Waals surface area contributed by atoms with Crippen molar-refractivity contribution in [1.29, 1.82) is 0 Å². The number of imidazole rings is 1. The molecule has 2 aromatic rings. The largest absolute Gasteiger partial charge is 0.394 e. The zero-order chi connectivity index (χ0) is 16.0. The molecule has 4 heterocycles. The Morgan fingerprint density at radius 1 is 1.13 bits per heavy atom. The van der Waals surface area contributed by atoms with Crippen LogP contribution >= 0.6 is 0 Å². The van der Waals surface area contributed by atoms with Crippen LogP contribution in [-0.2, 0) is 4.74 Å². The van der Waals surface area contributed by atoms with Gasteiger partial charge in [-0.05, 0) is 12.8 Å². The SMILES string of the molecule is OC[C@H]1OC(n2cnc3c(N4CCCC4)ncnc32)[C@@H](O)[C@@H]1O. The van der Waals surface area contributed by atoms with Gasteiger partial charge in [-0.25, -0.2) is 15.0 Å². The Morgan fingerprint density at radius 2 is 1.91 bits per heavy atom. The van der Waals surface area contributed by atoms with Crippen molar-refractivity contribution in [3.8, 4) is 0 Å². The predicted molar refractivity (Wildman–Crippen MR) is 79.8 cm³/mol. The molecule has 0 saturated carbocycles. The Labute approximate surface area is 132 Å². The lowest BCUT2D eigenvalue weighted by Crippen LogP contribution is -2.33. The quantitative estimate of drug-likeness (QED) is 0.662. The van der Waals surface area contributed by atoms with Crippen molar-refractivity contribution in [2.75, 3.05) is 24.6 Å². The fourth-order valence-electron chi connectivity index (χ4n) is 3.30. The van der Waals surface area contributed by atoms with Gasteiger partial charge >= 0.3 is 0 Å². The minimum Gasteiger partial charge on any atom is -0.394 e. The molecular weight excluding hydrogens is 302 g/mol. The third-order valence-corrected chi connectivity index (χ3v) is 4.54. The Morgan fingerprint density at radius 3 is 2.61 bits per heavy atom. The molecule has 2 aliphatic rings. The Balaban J connectivity index is 1.73. The molecule has 0 bridgehead atoms. The van der Waals surface area contributed by atoms with Crippen LogP contribution in [0, 0.1) is 0 Å². The van der Waals surface area contributed by atoms with Crippen molar-refractivity contribution in [3.05, 3.63) is 12.7 Å². The molecule has 2 saturated heterocycles. The second-order valence-corrected chi connectivity index (χ2v) is 5.94. The van der Waals surface area contributed by atoms with Gasteiger partial charge in [-0.2, -0.15) is 0 Å². The fourth-order valence-corrected chi connectivity index (χ4v) is 3.30. The molecule has 0 spiro atoms. The molecule has 2 aliphatic heterocycles. The van der Waals surface area contributed by atoms with Gasteiger partial charge in [0.2, 0.25) is 0 Å². The summed E-state index contributed by atoms with van der Waals surface area (Å²) in [6, 6.07) is 0. The molecule has 2 aromatic heterocycles. The summed E-state index contributed by atoms with van der Waals surface area (Å²) in [5, 5.41) is 29.3. The normalized spacial score (nSPS) is 31.3. The summed E-state index contributed by atoms with van der Waals surface area (Å²) in [5.74, 6) is 0.776. The molecule has 3 N–H and O–H groups in total. The van der Waals surface area contributed by atoms with E-state index >= 15 is 0 Å². The van der Waals surface area contributed by atoms with Gasteiger partial charge in [0.15, 0.2) is 23.2 Å². The number of aliphatic hydroxyl groups is 3. The van der Waals surface area contributed by atoms with Crippen molar-refractivity contribution in [3.63, 3.8) is 0 Å². The maximum Gasteiger partial charge on any atom is 0.167 e. The average Bonchev–Trinajstić information content (AvgIpc) is 3.28. The highest BCUT2D eigenvalue weighted by atomic mass is 16.6. The number of aromatic nitrogens is 4.